The summed E-state index contributed by atoms with van der Waals surface area (Å²) in [6.07, 6.45) is 4.04. The highest BCUT2D eigenvalue weighted by atomic mass is 16.4. The van der Waals surface area contributed by atoms with Crippen LogP contribution >= 0.6 is 0 Å². The number of carbonyl (C=O) groups excluding carboxylic acids is 1. The van der Waals surface area contributed by atoms with E-state index in [0.29, 0.717) is 12.5 Å². The van der Waals surface area contributed by atoms with E-state index in [1.54, 1.807) is 0 Å². The summed E-state index contributed by atoms with van der Waals surface area (Å²) in [6, 6.07) is 7.34. The standard InChI is InChI=1S/C16H22N2O3/c1-2-5-13-6-3-4-7-14(13)17-16(21)18(11-15(19)20)10-12-8-9-12/h3-4,6-7,12H,2,5,8-11H2,1H3,(H,17,21)(H,19,20). The molecule has 2 rings (SSSR count). The van der Waals surface area contributed by atoms with Crippen LogP contribution in [0.25, 0.3) is 0 Å². The Morgan fingerprint density at radius 3 is 2.67 bits per heavy atom. The molecule has 2 amide bonds. The molecule has 0 aromatic heterocycles. The fourth-order valence-electron chi connectivity index (χ4n) is 2.32. The first-order valence-corrected chi connectivity index (χ1v) is 7.45. The quantitative estimate of drug-likeness (QED) is 0.811. The third-order valence-corrected chi connectivity index (χ3v) is 3.57. The molecule has 5 heteroatoms. The molecule has 5 nitrogen and oxygen atoms in total. The molecule has 0 heterocycles. The second-order valence-electron chi connectivity index (χ2n) is 5.55. The Morgan fingerprint density at radius 1 is 1.33 bits per heavy atom. The van der Waals surface area contributed by atoms with Gasteiger partial charge in [-0.2, -0.15) is 0 Å². The van der Waals surface area contributed by atoms with Crippen LogP contribution in [-0.2, 0) is 11.2 Å². The monoisotopic (exact) mass is 290 g/mol. The van der Waals surface area contributed by atoms with Crippen LogP contribution in [0.5, 0.6) is 0 Å². The Labute approximate surface area is 125 Å². The van der Waals surface area contributed by atoms with E-state index in [4.69, 9.17) is 5.11 Å². The van der Waals surface area contributed by atoms with Gasteiger partial charge in [0.2, 0.25) is 0 Å². The maximum Gasteiger partial charge on any atom is 0.323 e. The molecule has 1 aromatic rings. The fraction of sp³-hybridized carbons (Fsp3) is 0.500. The van der Waals surface area contributed by atoms with Gasteiger partial charge in [0.1, 0.15) is 6.54 Å². The van der Waals surface area contributed by atoms with Crippen LogP contribution in [0, 0.1) is 5.92 Å². The first-order chi connectivity index (χ1) is 10.1. The maximum absolute atomic E-state index is 12.3. The molecule has 0 spiro atoms. The highest BCUT2D eigenvalue weighted by Crippen LogP contribution is 2.30. The topological polar surface area (TPSA) is 69.6 Å². The lowest BCUT2D eigenvalue weighted by atomic mass is 10.1. The number of hydrogen-bond acceptors (Lipinski definition) is 2. The summed E-state index contributed by atoms with van der Waals surface area (Å²) in [4.78, 5) is 24.6. The third kappa shape index (κ3) is 4.77. The van der Waals surface area contributed by atoms with Crippen LogP contribution in [0.4, 0.5) is 10.5 Å². The van der Waals surface area contributed by atoms with Crippen molar-refractivity contribution in [2.75, 3.05) is 18.4 Å². The summed E-state index contributed by atoms with van der Waals surface area (Å²) in [6.45, 7) is 2.36. The minimum atomic E-state index is -0.979. The van der Waals surface area contributed by atoms with Crippen molar-refractivity contribution in [2.45, 2.75) is 32.6 Å². The number of amides is 2. The van der Waals surface area contributed by atoms with Crippen LogP contribution in [0.2, 0.25) is 0 Å². The first-order valence-electron chi connectivity index (χ1n) is 7.45. The van der Waals surface area contributed by atoms with E-state index in [0.717, 1.165) is 36.9 Å². The molecule has 1 aliphatic carbocycles. The van der Waals surface area contributed by atoms with E-state index in [1.165, 1.54) is 4.90 Å². The molecule has 0 atom stereocenters. The lowest BCUT2D eigenvalue weighted by molar-refractivity contribution is -0.137. The van der Waals surface area contributed by atoms with Gasteiger partial charge in [-0.05, 0) is 36.8 Å². The zero-order valence-corrected chi connectivity index (χ0v) is 12.3. The van der Waals surface area contributed by atoms with Crippen molar-refractivity contribution in [2.24, 2.45) is 5.92 Å². The van der Waals surface area contributed by atoms with Gasteiger partial charge in [-0.25, -0.2) is 4.79 Å². The van der Waals surface area contributed by atoms with Gasteiger partial charge in [0.15, 0.2) is 0 Å². The predicted molar refractivity (Wildman–Crippen MR) is 81.4 cm³/mol. The lowest BCUT2D eigenvalue weighted by Crippen LogP contribution is -2.40. The van der Waals surface area contributed by atoms with Gasteiger partial charge in [-0.3, -0.25) is 4.79 Å². The van der Waals surface area contributed by atoms with Crippen molar-refractivity contribution in [3.8, 4) is 0 Å². The molecule has 1 aliphatic rings. The first kappa shape index (κ1) is 15.4. The summed E-state index contributed by atoms with van der Waals surface area (Å²) in [5, 5.41) is 11.8. The number of anilines is 1. The molecule has 1 fully saturated rings. The third-order valence-electron chi connectivity index (χ3n) is 3.57. The van der Waals surface area contributed by atoms with Crippen molar-refractivity contribution in [3.05, 3.63) is 29.8 Å². The van der Waals surface area contributed by atoms with E-state index in [2.05, 4.69) is 12.2 Å². The smallest absolute Gasteiger partial charge is 0.323 e. The number of urea groups is 1. The Hall–Kier alpha value is -2.04. The van der Waals surface area contributed by atoms with Gasteiger partial charge < -0.3 is 15.3 Å². The molecule has 0 saturated heterocycles. The normalized spacial score (nSPS) is 13.8. The Bertz CT molecular complexity index is 512. The summed E-state index contributed by atoms with van der Waals surface area (Å²) in [5.41, 5.74) is 1.85. The zero-order chi connectivity index (χ0) is 15.2. The van der Waals surface area contributed by atoms with Crippen molar-refractivity contribution < 1.29 is 14.7 Å². The maximum atomic E-state index is 12.3. The SMILES string of the molecule is CCCc1ccccc1NC(=O)N(CC(=O)O)CC1CC1. The van der Waals surface area contributed by atoms with E-state index < -0.39 is 5.97 Å². The molecule has 21 heavy (non-hydrogen) atoms. The number of nitrogens with zero attached hydrogens (tertiary/aromatic N) is 1. The molecule has 0 unspecified atom stereocenters. The minimum absolute atomic E-state index is 0.252. The summed E-state index contributed by atoms with van der Waals surface area (Å²) < 4.78 is 0. The fourth-order valence-corrected chi connectivity index (χ4v) is 2.32. The van der Waals surface area contributed by atoms with Gasteiger partial charge in [-0.1, -0.05) is 31.5 Å². The van der Waals surface area contributed by atoms with Gasteiger partial charge >= 0.3 is 12.0 Å². The second-order valence-corrected chi connectivity index (χ2v) is 5.55. The van der Waals surface area contributed by atoms with Crippen LogP contribution in [-0.4, -0.2) is 35.1 Å². The molecular formula is C16H22N2O3. The van der Waals surface area contributed by atoms with Gasteiger partial charge in [0.05, 0.1) is 0 Å². The number of benzene rings is 1. The molecule has 1 aromatic carbocycles. The number of aliphatic carboxylic acids is 1. The van der Waals surface area contributed by atoms with Crippen LogP contribution in [0.3, 0.4) is 0 Å². The van der Waals surface area contributed by atoms with E-state index in [1.807, 2.05) is 24.3 Å². The summed E-state index contributed by atoms with van der Waals surface area (Å²) in [7, 11) is 0. The van der Waals surface area contributed by atoms with Gasteiger partial charge in [-0.15, -0.1) is 0 Å². The number of para-hydroxylation sites is 1. The average Bonchev–Trinajstić information content (AvgIpc) is 3.24. The molecular weight excluding hydrogens is 268 g/mol. The molecule has 0 radical (unpaired) electrons. The predicted octanol–water partition coefficient (Wildman–Crippen LogP) is 2.97. The van der Waals surface area contributed by atoms with Gasteiger partial charge in [0.25, 0.3) is 0 Å². The number of carboxylic acids is 1. The Morgan fingerprint density at radius 2 is 2.05 bits per heavy atom. The number of rotatable bonds is 7. The van der Waals surface area contributed by atoms with Crippen molar-refractivity contribution in [3.63, 3.8) is 0 Å². The zero-order valence-electron chi connectivity index (χ0n) is 12.3. The minimum Gasteiger partial charge on any atom is -0.480 e. The molecule has 114 valence electrons. The largest absolute Gasteiger partial charge is 0.480 e. The van der Waals surface area contributed by atoms with Crippen molar-refractivity contribution in [1.82, 2.24) is 4.90 Å². The van der Waals surface area contributed by atoms with Crippen molar-refractivity contribution >= 4 is 17.7 Å². The number of aryl methyl sites for hydroxylation is 1. The molecule has 0 bridgehead atoms. The van der Waals surface area contributed by atoms with E-state index >= 15 is 0 Å². The van der Waals surface area contributed by atoms with Crippen LogP contribution in [0.15, 0.2) is 24.3 Å². The van der Waals surface area contributed by atoms with E-state index in [-0.39, 0.29) is 12.6 Å². The average molecular weight is 290 g/mol. The number of nitrogens with one attached hydrogen (secondary N) is 1. The van der Waals surface area contributed by atoms with Gasteiger partial charge in [0, 0.05) is 12.2 Å². The number of hydrogen-bond donors (Lipinski definition) is 2. The highest BCUT2D eigenvalue weighted by molar-refractivity contribution is 5.92. The lowest BCUT2D eigenvalue weighted by Gasteiger charge is -2.22. The van der Waals surface area contributed by atoms with Crippen molar-refractivity contribution in [1.29, 1.82) is 0 Å². The summed E-state index contributed by atoms with van der Waals surface area (Å²) in [5.74, 6) is -0.520. The molecule has 1 saturated carbocycles. The number of carboxylic acid groups (broad SMARTS) is 1. The van der Waals surface area contributed by atoms with Crippen LogP contribution in [0.1, 0.15) is 31.7 Å². The summed E-state index contributed by atoms with van der Waals surface area (Å²) >= 11 is 0. The molecule has 0 aliphatic heterocycles. The Kier molecular flexibility index (Phi) is 5.20. The number of carbonyl (C=O) groups is 2. The van der Waals surface area contributed by atoms with Crippen LogP contribution < -0.4 is 5.32 Å². The highest BCUT2D eigenvalue weighted by Gasteiger charge is 2.28. The van der Waals surface area contributed by atoms with E-state index in [9.17, 15) is 9.59 Å². The second kappa shape index (κ2) is 7.11. The Balaban J connectivity index is 2.04. The molecule has 2 N–H and O–H groups in total.